The molecule has 0 atom stereocenters. The molecule has 2 heterocycles. The van der Waals surface area contributed by atoms with Crippen molar-refractivity contribution in [2.45, 2.75) is 0 Å². The number of para-hydroxylation sites is 3. The molecule has 0 aliphatic rings. The van der Waals surface area contributed by atoms with Crippen molar-refractivity contribution < 1.29 is 30.8 Å². The van der Waals surface area contributed by atoms with Gasteiger partial charge in [-0.1, -0.05) is 109 Å². The van der Waals surface area contributed by atoms with E-state index >= 15 is 0 Å². The van der Waals surface area contributed by atoms with Crippen LogP contribution in [0, 0.1) is 0 Å². The second-order valence-electron chi connectivity index (χ2n) is 11.2. The van der Waals surface area contributed by atoms with Crippen LogP contribution in [0.15, 0.2) is 178 Å². The van der Waals surface area contributed by atoms with Gasteiger partial charge >= 0.3 is 0 Å². The molecule has 10 rings (SSSR count). The molecular formula is C45H28N2O2. The van der Waals surface area contributed by atoms with Crippen molar-refractivity contribution in [1.82, 2.24) is 4.98 Å². The molecule has 4 heteroatoms. The maximum Gasteiger partial charge on any atom is 0.227 e. The van der Waals surface area contributed by atoms with E-state index in [1.165, 1.54) is 0 Å². The lowest BCUT2D eigenvalue weighted by Crippen LogP contribution is -2.09. The van der Waals surface area contributed by atoms with E-state index < -0.39 is 130 Å². The minimum atomic E-state index is -0.812. The van der Waals surface area contributed by atoms with Gasteiger partial charge in [0.15, 0.2) is 5.58 Å². The fourth-order valence-corrected chi connectivity index (χ4v) is 6.13. The summed E-state index contributed by atoms with van der Waals surface area (Å²) in [6, 6.07) is 10.1. The van der Waals surface area contributed by atoms with Gasteiger partial charge in [0.05, 0.1) is 21.9 Å². The predicted molar refractivity (Wildman–Crippen MR) is 202 cm³/mol. The number of nitrogens with zero attached hydrogens (tertiary/aromatic N) is 2. The smallest absolute Gasteiger partial charge is 0.227 e. The third-order valence-corrected chi connectivity index (χ3v) is 8.35. The van der Waals surface area contributed by atoms with Crippen LogP contribution in [-0.4, -0.2) is 4.98 Å². The molecular weight excluding hydrogens is 601 g/mol. The van der Waals surface area contributed by atoms with E-state index in [-0.39, 0.29) is 16.5 Å². The van der Waals surface area contributed by atoms with Crippen LogP contribution < -0.4 is 4.90 Å². The molecule has 0 bridgehead atoms. The number of benzene rings is 8. The highest BCUT2D eigenvalue weighted by Gasteiger charge is 2.18. The van der Waals surface area contributed by atoms with Crippen LogP contribution in [0.4, 0.5) is 17.1 Å². The fraction of sp³-hybridized carbons (Fsp3) is 0. The normalized spacial score (nSPS) is 16.2. The topological polar surface area (TPSA) is 42.4 Å². The van der Waals surface area contributed by atoms with Gasteiger partial charge in [-0.15, -0.1) is 0 Å². The number of rotatable bonds is 5. The van der Waals surface area contributed by atoms with Crippen LogP contribution in [0.25, 0.3) is 77.2 Å². The summed E-state index contributed by atoms with van der Waals surface area (Å²) in [6.07, 6.45) is 0. The highest BCUT2D eigenvalue weighted by Crippen LogP contribution is 2.41. The summed E-state index contributed by atoms with van der Waals surface area (Å²) in [5.74, 6) is 0.360. The predicted octanol–water partition coefficient (Wildman–Crippen LogP) is 12.8. The molecule has 0 spiro atoms. The van der Waals surface area contributed by atoms with E-state index in [0.717, 1.165) is 15.8 Å². The average molecular weight is 645 g/mol. The van der Waals surface area contributed by atoms with Crippen molar-refractivity contribution in [3.63, 3.8) is 0 Å². The third-order valence-electron chi connectivity index (χ3n) is 8.35. The number of furan rings is 1. The first-order valence-corrected chi connectivity index (χ1v) is 15.2. The highest BCUT2D eigenvalue weighted by molar-refractivity contribution is 6.18. The molecule has 0 unspecified atom stereocenters. The van der Waals surface area contributed by atoms with Gasteiger partial charge in [-0.3, -0.25) is 0 Å². The van der Waals surface area contributed by atoms with Gasteiger partial charge in [-0.2, -0.15) is 0 Å². The van der Waals surface area contributed by atoms with Crippen molar-refractivity contribution in [2.24, 2.45) is 0 Å². The standard InChI is InChI=1S/C45H28N2O2/c1-3-10-32(11-4-1)45-46-40-27-23-31-19-18-30-22-26-35(28-39(30)42(31)44(40)49-45)47(33-12-5-2-6-13-33)34-24-20-29(21-25-34)36-15-9-16-38-37-14-7-8-17-41(37)48-43(36)38/h1-28H/i2D,5D,6D,7D,8D,9D,12D,13D,14D,15D,16D,17D,20D,21D,24D,25D. The highest BCUT2D eigenvalue weighted by atomic mass is 16.3. The zero-order valence-corrected chi connectivity index (χ0v) is 25.1. The molecule has 49 heavy (non-hydrogen) atoms. The Hall–Kier alpha value is -6.65. The molecule has 0 aliphatic carbocycles. The average Bonchev–Trinajstić information content (AvgIpc) is 3.94. The Balaban J connectivity index is 1.29. The monoisotopic (exact) mass is 644 g/mol. The molecule has 2 aromatic heterocycles. The van der Waals surface area contributed by atoms with Gasteiger partial charge in [0, 0.05) is 44.3 Å². The fourth-order valence-electron chi connectivity index (χ4n) is 6.13. The molecule has 0 fully saturated rings. The Morgan fingerprint density at radius 2 is 1.24 bits per heavy atom. The van der Waals surface area contributed by atoms with E-state index in [1.54, 1.807) is 18.2 Å². The van der Waals surface area contributed by atoms with Crippen LogP contribution in [-0.2, 0) is 0 Å². The lowest BCUT2D eigenvalue weighted by molar-refractivity contribution is 0.623. The van der Waals surface area contributed by atoms with E-state index in [1.807, 2.05) is 54.6 Å². The number of fused-ring (bicyclic) bond motifs is 8. The molecule has 0 saturated carbocycles. The Bertz CT molecular complexity index is 3700. The van der Waals surface area contributed by atoms with Gasteiger partial charge < -0.3 is 13.7 Å². The SMILES string of the molecule is [2H]c1c([2H])c([2H])c(N(c2ccc3ccc4ccc5nc(-c6ccccc6)oc5c4c3c2)c2c([2H])c([2H])c(-c3c([2H])c([2H])c([2H])c4c3oc3c([2H])c([2H])c([2H])c([2H])c34)c([2H])c2[2H])c([2H])c1[2H]. The van der Waals surface area contributed by atoms with Crippen molar-refractivity contribution in [3.05, 3.63) is 169 Å². The van der Waals surface area contributed by atoms with Gasteiger partial charge in [-0.05, 0) is 82.3 Å². The zero-order chi connectivity index (χ0) is 46.2. The van der Waals surface area contributed by atoms with Crippen molar-refractivity contribution in [2.75, 3.05) is 4.90 Å². The van der Waals surface area contributed by atoms with Gasteiger partial charge in [0.2, 0.25) is 5.89 Å². The molecule has 0 N–H and O–H groups in total. The number of hydrogen-bond acceptors (Lipinski definition) is 4. The number of aromatic nitrogens is 1. The van der Waals surface area contributed by atoms with Gasteiger partial charge in [-0.25, -0.2) is 4.98 Å². The first-order valence-electron chi connectivity index (χ1n) is 23.2. The van der Waals surface area contributed by atoms with Crippen LogP contribution in [0.1, 0.15) is 21.9 Å². The third kappa shape index (κ3) is 4.49. The maximum atomic E-state index is 9.54. The van der Waals surface area contributed by atoms with Crippen molar-refractivity contribution in [3.8, 4) is 22.6 Å². The summed E-state index contributed by atoms with van der Waals surface area (Å²) in [5, 5.41) is 2.01. The molecule has 0 radical (unpaired) electrons. The Morgan fingerprint density at radius 3 is 2.12 bits per heavy atom. The second kappa shape index (κ2) is 11.0. The van der Waals surface area contributed by atoms with Crippen molar-refractivity contribution in [1.29, 1.82) is 0 Å². The van der Waals surface area contributed by atoms with Crippen LogP contribution >= 0.6 is 0 Å². The van der Waals surface area contributed by atoms with Gasteiger partial charge in [0.25, 0.3) is 0 Å². The van der Waals surface area contributed by atoms with Crippen LogP contribution in [0.2, 0.25) is 0 Å². The first-order chi connectivity index (χ1) is 30.9. The van der Waals surface area contributed by atoms with E-state index in [9.17, 15) is 5.48 Å². The summed E-state index contributed by atoms with van der Waals surface area (Å²) in [5.41, 5.74) is -1.21. The summed E-state index contributed by atoms with van der Waals surface area (Å²) >= 11 is 0. The minimum Gasteiger partial charge on any atom is -0.455 e. The van der Waals surface area contributed by atoms with Crippen LogP contribution in [0.3, 0.4) is 0 Å². The van der Waals surface area contributed by atoms with Crippen LogP contribution in [0.5, 0.6) is 0 Å². The molecule has 0 amide bonds. The molecule has 10 aromatic rings. The zero-order valence-electron chi connectivity index (χ0n) is 41.1. The van der Waals surface area contributed by atoms with E-state index in [2.05, 4.69) is 0 Å². The molecule has 4 nitrogen and oxygen atoms in total. The van der Waals surface area contributed by atoms with Crippen molar-refractivity contribution >= 4 is 71.6 Å². The molecule has 0 saturated heterocycles. The second-order valence-corrected chi connectivity index (χ2v) is 11.2. The number of anilines is 3. The molecule has 8 aromatic carbocycles. The Kier molecular flexibility index (Phi) is 3.57. The maximum absolute atomic E-state index is 9.54. The molecule has 0 aliphatic heterocycles. The summed E-state index contributed by atoms with van der Waals surface area (Å²) in [6.45, 7) is 0. The Labute approximate surface area is 304 Å². The Morgan fingerprint density at radius 1 is 0.510 bits per heavy atom. The largest absolute Gasteiger partial charge is 0.455 e. The lowest BCUT2D eigenvalue weighted by Gasteiger charge is -2.26. The summed E-state index contributed by atoms with van der Waals surface area (Å²) in [4.78, 5) is 5.79. The minimum absolute atomic E-state index is 0.0630. The first kappa shape index (κ1) is 16.0. The molecule has 230 valence electrons. The van der Waals surface area contributed by atoms with E-state index in [4.69, 9.17) is 30.3 Å². The van der Waals surface area contributed by atoms with E-state index in [0.29, 0.717) is 33.1 Å². The number of oxazole rings is 1. The summed E-state index contributed by atoms with van der Waals surface area (Å²) < 4.78 is 154. The summed E-state index contributed by atoms with van der Waals surface area (Å²) in [7, 11) is 0. The van der Waals surface area contributed by atoms with Gasteiger partial charge in [0.1, 0.15) is 16.7 Å². The lowest BCUT2D eigenvalue weighted by atomic mass is 9.99. The number of hydrogen-bond donors (Lipinski definition) is 0. The quantitative estimate of drug-likeness (QED) is 0.175.